The van der Waals surface area contributed by atoms with Gasteiger partial charge in [-0.1, -0.05) is 41.5 Å². The van der Waals surface area contributed by atoms with Crippen LogP contribution in [0.2, 0.25) is 0 Å². The van der Waals surface area contributed by atoms with Crippen molar-refractivity contribution < 1.29 is 50.4 Å². The van der Waals surface area contributed by atoms with Crippen molar-refractivity contribution in [2.75, 3.05) is 0 Å². The van der Waals surface area contributed by atoms with Crippen LogP contribution in [0.25, 0.3) is 0 Å². The van der Waals surface area contributed by atoms with E-state index in [1.54, 1.807) is 0 Å². The maximum absolute atomic E-state index is 11.5. The van der Waals surface area contributed by atoms with Gasteiger partial charge in [0.25, 0.3) is 0 Å². The number of carboxylic acid groups (broad SMARTS) is 2. The van der Waals surface area contributed by atoms with Gasteiger partial charge in [-0.15, -0.1) is 0 Å². The molecule has 59 heavy (non-hydrogen) atoms. The van der Waals surface area contributed by atoms with Gasteiger partial charge in [-0.05, 0) is 208 Å². The third-order valence-corrected chi connectivity index (χ3v) is 20.6. The van der Waals surface area contributed by atoms with Crippen molar-refractivity contribution in [1.29, 1.82) is 0 Å². The molecule has 0 aromatic rings. The zero-order chi connectivity index (χ0) is 42.3. The Labute approximate surface area is 384 Å². The Morgan fingerprint density at radius 3 is 1.24 bits per heavy atom. The second-order valence-corrected chi connectivity index (χ2v) is 22.8. The Balaban J connectivity index is 0.000000195. The summed E-state index contributed by atoms with van der Waals surface area (Å²) >= 11 is 0. The van der Waals surface area contributed by atoms with Gasteiger partial charge in [0.15, 0.2) is 0 Å². The number of carboxylic acids is 2. The number of aliphatic hydroxyl groups excluding tert-OH is 6. The minimum atomic E-state index is -0.998. The monoisotopic (exact) mass is 855 g/mol. The number of rotatable bonds is 8. The van der Waals surface area contributed by atoms with E-state index in [-0.39, 0.29) is 144 Å². The van der Waals surface area contributed by atoms with Crippen molar-refractivity contribution in [3.05, 3.63) is 0 Å². The van der Waals surface area contributed by atoms with Crippen LogP contribution in [0.4, 0.5) is 0 Å². The second kappa shape index (κ2) is 18.1. The summed E-state index contributed by atoms with van der Waals surface area (Å²) in [7, 11) is 0. The van der Waals surface area contributed by atoms with Crippen LogP contribution in [0.15, 0.2) is 0 Å². The predicted molar refractivity (Wildman–Crippen MR) is 221 cm³/mol. The molecule has 8 aliphatic rings. The summed E-state index contributed by atoms with van der Waals surface area (Å²) in [6, 6.07) is 0. The summed E-state index contributed by atoms with van der Waals surface area (Å²) in [5.41, 5.74) is -0.343. The van der Waals surface area contributed by atoms with Crippen molar-refractivity contribution in [2.24, 2.45) is 92.7 Å². The predicted octanol–water partition coefficient (Wildman–Crippen LogP) is 3.85. The minimum absolute atomic E-state index is 0. The van der Waals surface area contributed by atoms with E-state index in [0.717, 1.165) is 89.9 Å². The average Bonchev–Trinajstić information content (AvgIpc) is 3.70. The molecule has 0 bridgehead atoms. The molecule has 22 atom stereocenters. The standard InChI is InChI=1S/2C24H40O5.Ca/c2*1-13(4-7-21(28)29)16-5-6-17-22-18(12-20(27)24(16,17)3)23(2)9-8-15(25)10-14(23)11-19(22)26;/h2*13-20,22,25-27H,4-12H2,1-3H3,(H,28,29);/q;;+2/p-2/t2*13-,14+,15-,16-,17?,18?,19-,20+,22?,23+,24-;/m11./s1. The molecular weight excluding hydrogens is 777 g/mol. The molecule has 0 aromatic carbocycles. The third-order valence-electron chi connectivity index (χ3n) is 20.6. The molecule has 0 amide bonds. The molecule has 6 unspecified atom stereocenters. The van der Waals surface area contributed by atoms with Crippen LogP contribution in [0.1, 0.15) is 157 Å². The van der Waals surface area contributed by atoms with Crippen molar-refractivity contribution in [3.8, 4) is 0 Å². The second-order valence-electron chi connectivity index (χ2n) is 22.8. The maximum Gasteiger partial charge on any atom is 2.00 e. The Morgan fingerprint density at radius 2 is 0.898 bits per heavy atom. The van der Waals surface area contributed by atoms with Gasteiger partial charge < -0.3 is 50.4 Å². The van der Waals surface area contributed by atoms with Gasteiger partial charge in [-0.3, -0.25) is 0 Å². The van der Waals surface area contributed by atoms with Gasteiger partial charge >= 0.3 is 37.7 Å². The van der Waals surface area contributed by atoms with Gasteiger partial charge in [0.2, 0.25) is 0 Å². The number of hydrogen-bond donors (Lipinski definition) is 6. The molecule has 8 saturated carbocycles. The van der Waals surface area contributed by atoms with E-state index < -0.39 is 24.1 Å². The Hall–Kier alpha value is -0.0403. The normalized spacial score (nSPS) is 52.0. The molecule has 0 radical (unpaired) electrons. The summed E-state index contributed by atoms with van der Waals surface area (Å²) in [6.45, 7) is 13.3. The van der Waals surface area contributed by atoms with E-state index >= 15 is 0 Å². The van der Waals surface area contributed by atoms with Crippen molar-refractivity contribution >= 4 is 49.7 Å². The number of aliphatic carboxylic acids is 2. The van der Waals surface area contributed by atoms with Crippen LogP contribution in [0.5, 0.6) is 0 Å². The number of fused-ring (bicyclic) bond motifs is 10. The minimum Gasteiger partial charge on any atom is -0.550 e. The fourth-order valence-electron chi connectivity index (χ4n) is 17.4. The van der Waals surface area contributed by atoms with Gasteiger partial charge in [0.05, 0.1) is 36.6 Å². The van der Waals surface area contributed by atoms with Crippen LogP contribution < -0.4 is 10.2 Å². The largest absolute Gasteiger partial charge is 2.00 e. The Kier molecular flexibility index (Phi) is 14.8. The topological polar surface area (TPSA) is 202 Å². The first kappa shape index (κ1) is 48.4. The molecule has 8 fully saturated rings. The van der Waals surface area contributed by atoms with Crippen LogP contribution in [0.3, 0.4) is 0 Å². The summed E-state index contributed by atoms with van der Waals surface area (Å²) < 4.78 is 0. The molecule has 0 aromatic heterocycles. The molecule has 10 nitrogen and oxygen atoms in total. The summed E-state index contributed by atoms with van der Waals surface area (Å²) in [5, 5.41) is 87.7. The first-order chi connectivity index (χ1) is 27.2. The van der Waals surface area contributed by atoms with E-state index in [0.29, 0.717) is 36.5 Å². The third kappa shape index (κ3) is 8.29. The first-order valence-corrected chi connectivity index (χ1v) is 23.7. The quantitative estimate of drug-likeness (QED) is 0.195. The summed E-state index contributed by atoms with van der Waals surface area (Å²) in [5.74, 6) is 1.27. The van der Waals surface area contributed by atoms with Crippen LogP contribution in [0, 0.1) is 92.7 Å². The maximum atomic E-state index is 11.5. The van der Waals surface area contributed by atoms with Crippen molar-refractivity contribution in [1.82, 2.24) is 0 Å². The molecule has 6 N–H and O–H groups in total. The van der Waals surface area contributed by atoms with E-state index in [9.17, 15) is 50.4 Å². The van der Waals surface area contributed by atoms with Crippen molar-refractivity contribution in [2.45, 2.75) is 194 Å². The van der Waals surface area contributed by atoms with Crippen LogP contribution in [-0.2, 0) is 9.59 Å². The zero-order valence-corrected chi connectivity index (χ0v) is 39.4. The summed E-state index contributed by atoms with van der Waals surface area (Å²) in [4.78, 5) is 21.9. The molecule has 332 valence electrons. The molecule has 0 aliphatic heterocycles. The average molecular weight is 855 g/mol. The van der Waals surface area contributed by atoms with Crippen LogP contribution >= 0.6 is 0 Å². The Bertz CT molecular complexity index is 1390. The zero-order valence-electron chi connectivity index (χ0n) is 37.1. The van der Waals surface area contributed by atoms with E-state index in [1.807, 2.05) is 0 Å². The van der Waals surface area contributed by atoms with Crippen molar-refractivity contribution in [3.63, 3.8) is 0 Å². The smallest absolute Gasteiger partial charge is 0.550 e. The van der Waals surface area contributed by atoms with E-state index in [2.05, 4.69) is 41.5 Å². The number of carbonyl (C=O) groups excluding carboxylic acids is 2. The fraction of sp³-hybridized carbons (Fsp3) is 0.958. The number of carbonyl (C=O) groups is 2. The van der Waals surface area contributed by atoms with Crippen LogP contribution in [-0.4, -0.2) is 117 Å². The van der Waals surface area contributed by atoms with Gasteiger partial charge in [-0.25, -0.2) is 0 Å². The van der Waals surface area contributed by atoms with Gasteiger partial charge in [0.1, 0.15) is 0 Å². The molecule has 0 saturated heterocycles. The number of hydrogen-bond acceptors (Lipinski definition) is 10. The molecule has 0 heterocycles. The fourth-order valence-corrected chi connectivity index (χ4v) is 17.4. The Morgan fingerprint density at radius 1 is 0.542 bits per heavy atom. The van der Waals surface area contributed by atoms with E-state index in [4.69, 9.17) is 0 Å². The molecule has 8 aliphatic carbocycles. The molecule has 0 spiro atoms. The summed E-state index contributed by atoms with van der Waals surface area (Å²) in [6.07, 6.45) is 11.4. The number of aliphatic hydroxyl groups is 6. The van der Waals surface area contributed by atoms with Gasteiger partial charge in [0, 0.05) is 11.9 Å². The molecule has 11 heteroatoms. The molecule has 8 rings (SSSR count). The first-order valence-electron chi connectivity index (χ1n) is 23.7. The van der Waals surface area contributed by atoms with Gasteiger partial charge in [-0.2, -0.15) is 0 Å². The molecular formula is C48H78CaO10. The van der Waals surface area contributed by atoms with E-state index in [1.165, 1.54) is 0 Å². The SMILES string of the molecule is C[C@H](CCC(=O)[O-])[C@H]1CCC2C3C(C[C@H](O)[C@@]21C)[C@@]1(C)CC[C@@H](O)C[C@H]1C[C@H]3O.C[C@H](CCC(=O)[O-])[C@H]1CCC2C3C(C[C@H](O)[C@@]21C)[C@@]1(C)CC[C@@H](O)C[C@H]1C[C@H]3O.[Ca+2].